The molecule has 3 nitrogen and oxygen atoms in total. The van der Waals surface area contributed by atoms with Gasteiger partial charge in [-0.1, -0.05) is 70.5 Å². The van der Waals surface area contributed by atoms with E-state index in [4.69, 9.17) is 0 Å². The number of thioether (sulfide) groups is 1. The molecule has 0 fully saturated rings. The number of amides is 1. The van der Waals surface area contributed by atoms with Crippen LogP contribution >= 0.6 is 27.7 Å². The number of rotatable bonds is 7. The zero-order chi connectivity index (χ0) is 18.9. The Kier molecular flexibility index (Phi) is 7.25. The van der Waals surface area contributed by atoms with Gasteiger partial charge in [0.05, 0.1) is 6.21 Å². The van der Waals surface area contributed by atoms with E-state index in [0.29, 0.717) is 5.56 Å². The largest absolute Gasteiger partial charge is 0.271 e. The topological polar surface area (TPSA) is 41.5 Å². The van der Waals surface area contributed by atoms with E-state index in [2.05, 4.69) is 50.7 Å². The fourth-order valence-corrected chi connectivity index (χ4v) is 3.61. The average molecular weight is 439 g/mol. The maximum absolute atomic E-state index is 12.2. The minimum Gasteiger partial charge on any atom is -0.267 e. The molecule has 27 heavy (non-hydrogen) atoms. The molecule has 3 aromatic carbocycles. The van der Waals surface area contributed by atoms with Gasteiger partial charge in [0.2, 0.25) is 0 Å². The molecule has 0 saturated carbocycles. The second-order valence-electron chi connectivity index (χ2n) is 5.93. The van der Waals surface area contributed by atoms with Crippen LogP contribution in [-0.4, -0.2) is 12.1 Å². The number of carbonyl (C=O) groups is 1. The molecule has 0 atom stereocenters. The van der Waals surface area contributed by atoms with Crippen LogP contribution in [0.1, 0.15) is 27.0 Å². The molecule has 0 aliphatic carbocycles. The lowest BCUT2D eigenvalue weighted by Crippen LogP contribution is -2.17. The molecule has 5 heteroatoms. The zero-order valence-electron chi connectivity index (χ0n) is 14.6. The number of hydrogen-bond donors (Lipinski definition) is 1. The summed E-state index contributed by atoms with van der Waals surface area (Å²) in [5.41, 5.74) is 6.60. The van der Waals surface area contributed by atoms with E-state index in [1.165, 1.54) is 11.1 Å². The van der Waals surface area contributed by atoms with Gasteiger partial charge in [0.15, 0.2) is 0 Å². The van der Waals surface area contributed by atoms with Crippen LogP contribution in [0, 0.1) is 0 Å². The van der Waals surface area contributed by atoms with Gasteiger partial charge >= 0.3 is 0 Å². The van der Waals surface area contributed by atoms with Crippen LogP contribution < -0.4 is 5.43 Å². The van der Waals surface area contributed by atoms with Crippen LogP contribution in [0.25, 0.3) is 0 Å². The van der Waals surface area contributed by atoms with Gasteiger partial charge < -0.3 is 0 Å². The number of hydrogen-bond acceptors (Lipinski definition) is 3. The number of nitrogens with one attached hydrogen (secondary N) is 1. The van der Waals surface area contributed by atoms with Crippen molar-refractivity contribution in [2.75, 3.05) is 0 Å². The Morgan fingerprint density at radius 2 is 1.52 bits per heavy atom. The second kappa shape index (κ2) is 10.1. The highest BCUT2D eigenvalue weighted by Gasteiger charge is 2.04. The fraction of sp³-hybridized carbons (Fsp3) is 0.0909. The highest BCUT2D eigenvalue weighted by molar-refractivity contribution is 9.10. The van der Waals surface area contributed by atoms with Crippen LogP contribution in [0.5, 0.6) is 0 Å². The molecule has 0 aliphatic heterocycles. The summed E-state index contributed by atoms with van der Waals surface area (Å²) in [6.45, 7) is 0. The van der Waals surface area contributed by atoms with Crippen molar-refractivity contribution in [2.45, 2.75) is 11.5 Å². The Hall–Kier alpha value is -2.37. The van der Waals surface area contributed by atoms with Gasteiger partial charge in [0.1, 0.15) is 0 Å². The third-order valence-corrected chi connectivity index (χ3v) is 5.45. The van der Waals surface area contributed by atoms with Crippen LogP contribution in [0.2, 0.25) is 0 Å². The maximum Gasteiger partial charge on any atom is 0.271 e. The van der Waals surface area contributed by atoms with Crippen molar-refractivity contribution in [3.63, 3.8) is 0 Å². The number of halogens is 1. The van der Waals surface area contributed by atoms with E-state index in [1.54, 1.807) is 6.21 Å². The standard InChI is InChI=1S/C22H19BrN2OS/c23-21-12-8-17(9-13-21)14-24-25-22(26)20-10-6-19(7-11-20)16-27-15-18-4-2-1-3-5-18/h1-14H,15-16H2,(H,25,26)/b24-14-. The number of carbonyl (C=O) groups excluding carboxylic acids is 1. The van der Waals surface area contributed by atoms with Crippen LogP contribution in [-0.2, 0) is 11.5 Å². The summed E-state index contributed by atoms with van der Waals surface area (Å²) in [6.07, 6.45) is 1.62. The van der Waals surface area contributed by atoms with E-state index >= 15 is 0 Å². The highest BCUT2D eigenvalue weighted by Crippen LogP contribution is 2.18. The molecule has 1 N–H and O–H groups in total. The third-order valence-electron chi connectivity index (χ3n) is 3.85. The molecule has 136 valence electrons. The molecular formula is C22H19BrN2OS. The lowest BCUT2D eigenvalue weighted by atomic mass is 10.1. The Bertz CT molecular complexity index is 894. The zero-order valence-corrected chi connectivity index (χ0v) is 17.0. The van der Waals surface area contributed by atoms with Crippen LogP contribution in [0.3, 0.4) is 0 Å². The van der Waals surface area contributed by atoms with Crippen LogP contribution in [0.4, 0.5) is 0 Å². The van der Waals surface area contributed by atoms with Gasteiger partial charge in [-0.05, 0) is 41.0 Å². The summed E-state index contributed by atoms with van der Waals surface area (Å²) in [5, 5.41) is 4.01. The van der Waals surface area contributed by atoms with Gasteiger partial charge in [-0.15, -0.1) is 0 Å². The average Bonchev–Trinajstić information content (AvgIpc) is 2.71. The van der Waals surface area contributed by atoms with E-state index < -0.39 is 0 Å². The van der Waals surface area contributed by atoms with Crippen molar-refractivity contribution >= 4 is 39.8 Å². The Balaban J connectivity index is 1.47. The Morgan fingerprint density at radius 3 is 2.19 bits per heavy atom. The molecule has 0 radical (unpaired) electrons. The monoisotopic (exact) mass is 438 g/mol. The van der Waals surface area contributed by atoms with Crippen molar-refractivity contribution in [1.29, 1.82) is 0 Å². The van der Waals surface area contributed by atoms with Crippen molar-refractivity contribution in [2.24, 2.45) is 5.10 Å². The van der Waals surface area contributed by atoms with Crippen molar-refractivity contribution in [3.8, 4) is 0 Å². The summed E-state index contributed by atoms with van der Waals surface area (Å²) in [5.74, 6) is 1.68. The molecule has 0 saturated heterocycles. The molecule has 0 heterocycles. The molecular weight excluding hydrogens is 420 g/mol. The summed E-state index contributed by atoms with van der Waals surface area (Å²) >= 11 is 5.24. The first-order chi connectivity index (χ1) is 13.2. The van der Waals surface area contributed by atoms with Crippen LogP contribution in [0.15, 0.2) is 88.4 Å². The molecule has 3 rings (SSSR count). The number of nitrogens with zero attached hydrogens (tertiary/aromatic N) is 1. The second-order valence-corrected chi connectivity index (χ2v) is 7.83. The molecule has 1 amide bonds. The first-order valence-corrected chi connectivity index (χ1v) is 10.4. The highest BCUT2D eigenvalue weighted by atomic mass is 79.9. The van der Waals surface area contributed by atoms with E-state index in [1.807, 2.05) is 66.4 Å². The predicted molar refractivity (Wildman–Crippen MR) is 117 cm³/mol. The van der Waals surface area contributed by atoms with Crippen molar-refractivity contribution in [1.82, 2.24) is 5.43 Å². The van der Waals surface area contributed by atoms with Crippen molar-refractivity contribution in [3.05, 3.63) is 106 Å². The third kappa shape index (κ3) is 6.38. The lowest BCUT2D eigenvalue weighted by molar-refractivity contribution is 0.0955. The summed E-state index contributed by atoms with van der Waals surface area (Å²) in [4.78, 5) is 12.2. The lowest BCUT2D eigenvalue weighted by Gasteiger charge is -2.04. The molecule has 0 aromatic heterocycles. The van der Waals surface area contributed by atoms with Gasteiger partial charge in [0.25, 0.3) is 5.91 Å². The van der Waals surface area contributed by atoms with Gasteiger partial charge in [-0.2, -0.15) is 16.9 Å². The molecule has 0 unspecified atom stereocenters. The Labute approximate surface area is 172 Å². The van der Waals surface area contributed by atoms with E-state index in [-0.39, 0.29) is 5.91 Å². The first-order valence-electron chi connectivity index (χ1n) is 8.50. The smallest absolute Gasteiger partial charge is 0.267 e. The molecule has 3 aromatic rings. The van der Waals surface area contributed by atoms with Gasteiger partial charge in [-0.25, -0.2) is 5.43 Å². The summed E-state index contributed by atoms with van der Waals surface area (Å²) in [7, 11) is 0. The first kappa shape index (κ1) is 19.4. The maximum atomic E-state index is 12.2. The minimum absolute atomic E-state index is 0.216. The molecule has 0 bridgehead atoms. The van der Waals surface area contributed by atoms with E-state index in [9.17, 15) is 4.79 Å². The van der Waals surface area contributed by atoms with E-state index in [0.717, 1.165) is 21.5 Å². The number of hydrazone groups is 1. The van der Waals surface area contributed by atoms with Crippen molar-refractivity contribution < 1.29 is 4.79 Å². The van der Waals surface area contributed by atoms with Gasteiger partial charge in [-0.3, -0.25) is 4.79 Å². The summed E-state index contributed by atoms with van der Waals surface area (Å²) < 4.78 is 1.01. The minimum atomic E-state index is -0.216. The SMILES string of the molecule is O=C(N/N=C\c1ccc(Br)cc1)c1ccc(CSCc2ccccc2)cc1. The normalized spacial score (nSPS) is 10.9. The Morgan fingerprint density at radius 1 is 0.889 bits per heavy atom. The molecule has 0 spiro atoms. The summed E-state index contributed by atoms with van der Waals surface area (Å²) in [6, 6.07) is 25.8. The molecule has 0 aliphatic rings. The quantitative estimate of drug-likeness (QED) is 0.382. The fourth-order valence-electron chi connectivity index (χ4n) is 2.39. The van der Waals surface area contributed by atoms with Gasteiger partial charge in [0, 0.05) is 21.5 Å². The predicted octanol–water partition coefficient (Wildman–Crippen LogP) is 5.65. The number of benzene rings is 3.